The second kappa shape index (κ2) is 7.74. The number of benzene rings is 1. The van der Waals surface area contributed by atoms with Gasteiger partial charge in [0.1, 0.15) is 0 Å². The van der Waals surface area contributed by atoms with Crippen LogP contribution in [0.4, 0.5) is 0 Å². The van der Waals surface area contributed by atoms with Crippen molar-refractivity contribution >= 4 is 64.1 Å². The summed E-state index contributed by atoms with van der Waals surface area (Å²) in [7, 11) is 0. The summed E-state index contributed by atoms with van der Waals surface area (Å²) >= 11 is 18.3. The number of nitrogens with zero attached hydrogens (tertiary/aromatic N) is 2. The highest BCUT2D eigenvalue weighted by Crippen LogP contribution is 2.22. The predicted octanol–water partition coefficient (Wildman–Crippen LogP) is 3.82. The Bertz CT molecular complexity index is 460. The van der Waals surface area contributed by atoms with Crippen LogP contribution in [0.2, 0.25) is 10.0 Å². The third kappa shape index (κ3) is 4.24. The number of thiocarbonyl (C=S) groups is 1. The summed E-state index contributed by atoms with van der Waals surface area (Å²) < 4.78 is 0.381. The molecule has 3 nitrogen and oxygen atoms in total. The van der Waals surface area contributed by atoms with E-state index in [1.165, 1.54) is 18.0 Å². The molecule has 1 aromatic carbocycles. The van der Waals surface area contributed by atoms with Gasteiger partial charge in [-0.1, -0.05) is 60.2 Å². The number of halogens is 2. The van der Waals surface area contributed by atoms with E-state index >= 15 is 0 Å². The van der Waals surface area contributed by atoms with Gasteiger partial charge in [-0.3, -0.25) is 4.79 Å². The van der Waals surface area contributed by atoms with Crippen molar-refractivity contribution in [1.29, 1.82) is 0 Å². The maximum atomic E-state index is 10.9. The molecule has 0 aliphatic heterocycles. The van der Waals surface area contributed by atoms with Gasteiger partial charge in [0, 0.05) is 5.56 Å². The Hall–Kier alpha value is -0.620. The summed E-state index contributed by atoms with van der Waals surface area (Å²) in [6.45, 7) is 1.94. The number of carbonyl (C=O) groups is 1. The number of thioether (sulfide) groups is 1. The molecule has 18 heavy (non-hydrogen) atoms. The number of hydrazone groups is 1. The van der Waals surface area contributed by atoms with Gasteiger partial charge in [0.05, 0.1) is 16.3 Å². The molecule has 0 aromatic heterocycles. The molecule has 0 aliphatic rings. The van der Waals surface area contributed by atoms with Gasteiger partial charge in [-0.2, -0.15) is 10.1 Å². The van der Waals surface area contributed by atoms with Gasteiger partial charge < -0.3 is 0 Å². The second-order valence-corrected chi connectivity index (χ2v) is 5.74. The van der Waals surface area contributed by atoms with Crippen LogP contribution in [0.1, 0.15) is 12.5 Å². The van der Waals surface area contributed by atoms with Gasteiger partial charge in [-0.25, -0.2) is 0 Å². The van der Waals surface area contributed by atoms with Crippen molar-refractivity contribution in [2.24, 2.45) is 5.10 Å². The zero-order chi connectivity index (χ0) is 13.5. The van der Waals surface area contributed by atoms with Crippen LogP contribution in [-0.2, 0) is 4.79 Å². The van der Waals surface area contributed by atoms with E-state index < -0.39 is 0 Å². The number of carbonyl (C=O) groups excluding carboxylic acids is 1. The molecule has 0 spiro atoms. The lowest BCUT2D eigenvalue weighted by Gasteiger charge is -2.10. The van der Waals surface area contributed by atoms with Crippen molar-refractivity contribution in [3.05, 3.63) is 33.8 Å². The van der Waals surface area contributed by atoms with Gasteiger partial charge in [-0.05, 0) is 17.9 Å². The molecule has 0 heterocycles. The largest absolute Gasteiger partial charge is 0.276 e. The van der Waals surface area contributed by atoms with Crippen LogP contribution in [0.5, 0.6) is 0 Å². The Morgan fingerprint density at radius 3 is 2.61 bits per heavy atom. The van der Waals surface area contributed by atoms with Crippen LogP contribution in [0, 0.1) is 0 Å². The average Bonchev–Trinajstić information content (AvgIpc) is 2.33. The van der Waals surface area contributed by atoms with Crippen molar-refractivity contribution in [1.82, 2.24) is 5.01 Å². The van der Waals surface area contributed by atoms with Gasteiger partial charge in [0.25, 0.3) is 0 Å². The number of amides is 1. The van der Waals surface area contributed by atoms with Crippen LogP contribution in [0.15, 0.2) is 23.3 Å². The number of rotatable bonds is 4. The maximum absolute atomic E-state index is 10.9. The first-order valence-electron chi connectivity index (χ1n) is 4.99. The van der Waals surface area contributed by atoms with Gasteiger partial charge in [-0.15, -0.1) is 0 Å². The fourth-order valence-electron chi connectivity index (χ4n) is 1.06. The minimum absolute atomic E-state index is 0.381. The first kappa shape index (κ1) is 15.4. The lowest BCUT2D eigenvalue weighted by molar-refractivity contribution is -0.114. The van der Waals surface area contributed by atoms with Gasteiger partial charge >= 0.3 is 0 Å². The summed E-state index contributed by atoms with van der Waals surface area (Å²) in [5.74, 6) is 0.769. The molecular weight excluding hydrogens is 311 g/mol. The molecule has 0 saturated carbocycles. The molecule has 0 N–H and O–H groups in total. The van der Waals surface area contributed by atoms with Gasteiger partial charge in [0.15, 0.2) is 4.32 Å². The van der Waals surface area contributed by atoms with E-state index in [4.69, 9.17) is 35.4 Å². The summed E-state index contributed by atoms with van der Waals surface area (Å²) in [6, 6.07) is 5.12. The van der Waals surface area contributed by atoms with E-state index in [0.29, 0.717) is 26.3 Å². The van der Waals surface area contributed by atoms with E-state index in [2.05, 4.69) is 5.10 Å². The van der Waals surface area contributed by atoms with E-state index in [1.54, 1.807) is 18.2 Å². The molecule has 0 radical (unpaired) electrons. The van der Waals surface area contributed by atoms with E-state index in [-0.39, 0.29) is 0 Å². The molecule has 96 valence electrons. The Balaban J connectivity index is 2.90. The number of hydrogen-bond acceptors (Lipinski definition) is 4. The first-order chi connectivity index (χ1) is 8.60. The predicted molar refractivity (Wildman–Crippen MR) is 82.7 cm³/mol. The van der Waals surface area contributed by atoms with E-state index in [0.717, 1.165) is 10.8 Å². The zero-order valence-electron chi connectivity index (χ0n) is 9.47. The quantitative estimate of drug-likeness (QED) is 0.366. The summed E-state index contributed by atoms with van der Waals surface area (Å²) in [4.78, 5) is 10.9. The molecule has 7 heteroatoms. The lowest BCUT2D eigenvalue weighted by Crippen LogP contribution is -2.19. The normalized spacial score (nSPS) is 10.6. The van der Waals surface area contributed by atoms with E-state index in [9.17, 15) is 4.79 Å². The molecule has 0 unspecified atom stereocenters. The molecule has 1 amide bonds. The molecule has 1 rings (SSSR count). The smallest absolute Gasteiger partial charge is 0.235 e. The van der Waals surface area contributed by atoms with Crippen LogP contribution in [-0.4, -0.2) is 27.7 Å². The highest BCUT2D eigenvalue weighted by molar-refractivity contribution is 8.22. The fraction of sp³-hybridized carbons (Fsp3) is 0.182. The Morgan fingerprint density at radius 2 is 2.11 bits per heavy atom. The van der Waals surface area contributed by atoms with Crippen molar-refractivity contribution in [2.45, 2.75) is 6.92 Å². The fourth-order valence-corrected chi connectivity index (χ4v) is 2.47. The van der Waals surface area contributed by atoms with Crippen LogP contribution < -0.4 is 0 Å². The third-order valence-electron chi connectivity index (χ3n) is 1.87. The Kier molecular flexibility index (Phi) is 6.63. The highest BCUT2D eigenvalue weighted by atomic mass is 35.5. The maximum Gasteiger partial charge on any atom is 0.235 e. The van der Waals surface area contributed by atoms with Crippen molar-refractivity contribution in [3.8, 4) is 0 Å². The molecule has 1 aromatic rings. The molecule has 0 bridgehead atoms. The first-order valence-corrected chi connectivity index (χ1v) is 7.14. The zero-order valence-corrected chi connectivity index (χ0v) is 12.6. The minimum Gasteiger partial charge on any atom is -0.276 e. The van der Waals surface area contributed by atoms with Crippen molar-refractivity contribution in [2.75, 3.05) is 5.75 Å². The Labute approximate surface area is 125 Å². The average molecular weight is 321 g/mol. The second-order valence-electron chi connectivity index (χ2n) is 3.03. The monoisotopic (exact) mass is 320 g/mol. The van der Waals surface area contributed by atoms with Crippen LogP contribution in [0.3, 0.4) is 0 Å². The summed E-state index contributed by atoms with van der Waals surface area (Å²) in [5.41, 5.74) is 0.553. The minimum atomic E-state index is 0.381. The highest BCUT2D eigenvalue weighted by Gasteiger charge is 2.07. The molecular formula is C11H10Cl2N2OS2. The third-order valence-corrected chi connectivity index (χ3v) is 3.79. The molecule has 0 fully saturated rings. The van der Waals surface area contributed by atoms with Crippen LogP contribution in [0.25, 0.3) is 0 Å². The lowest BCUT2D eigenvalue weighted by atomic mass is 10.2. The van der Waals surface area contributed by atoms with Crippen molar-refractivity contribution < 1.29 is 4.79 Å². The topological polar surface area (TPSA) is 32.7 Å². The molecule has 0 aliphatic carbocycles. The van der Waals surface area contributed by atoms with Crippen molar-refractivity contribution in [3.63, 3.8) is 0 Å². The SMILES string of the molecule is CCSC(=S)N(C=O)/N=C/c1c(Cl)cccc1Cl. The number of hydrogen-bond donors (Lipinski definition) is 0. The standard InChI is InChI=1S/C11H10Cl2N2OS2/c1-2-18-11(17)15(7-16)14-6-8-9(12)4-3-5-10(8)13/h3-7H,2H2,1H3/b14-6+. The molecule has 0 saturated heterocycles. The summed E-state index contributed by atoms with van der Waals surface area (Å²) in [6.07, 6.45) is 1.97. The van der Waals surface area contributed by atoms with Gasteiger partial charge in [0.2, 0.25) is 6.41 Å². The summed E-state index contributed by atoms with van der Waals surface area (Å²) in [5, 5.41) is 5.96. The van der Waals surface area contributed by atoms with E-state index in [1.807, 2.05) is 6.92 Å². The van der Waals surface area contributed by atoms with Crippen LogP contribution >= 0.6 is 47.2 Å². The molecule has 0 atom stereocenters. The Morgan fingerprint density at radius 1 is 1.50 bits per heavy atom.